The maximum absolute atomic E-state index is 12.5. The minimum atomic E-state index is -2.52. The van der Waals surface area contributed by atoms with Gasteiger partial charge in [0.1, 0.15) is 0 Å². The molecule has 72 valence electrons. The van der Waals surface area contributed by atoms with Crippen LogP contribution in [0.4, 0.5) is 8.78 Å². The molecule has 0 spiro atoms. The van der Waals surface area contributed by atoms with Crippen LogP contribution in [0.3, 0.4) is 0 Å². The fourth-order valence-corrected chi connectivity index (χ4v) is 1.75. The highest BCUT2D eigenvalue weighted by molar-refractivity contribution is 9.10. The van der Waals surface area contributed by atoms with Crippen LogP contribution >= 0.6 is 15.9 Å². The second-order valence-electron chi connectivity index (χ2n) is 2.60. The van der Waals surface area contributed by atoms with E-state index in [1.165, 1.54) is 6.20 Å². The number of aromatic nitrogens is 1. The van der Waals surface area contributed by atoms with Crippen LogP contribution in [0.2, 0.25) is 0 Å². The largest absolute Gasteiger partial charge is 0.326 e. The third-order valence-corrected chi connectivity index (χ3v) is 2.70. The molecule has 0 bridgehead atoms. The van der Waals surface area contributed by atoms with Gasteiger partial charge in [-0.1, -0.05) is 0 Å². The summed E-state index contributed by atoms with van der Waals surface area (Å²) in [6, 6.07) is 0. The first-order valence-corrected chi connectivity index (χ1v) is 4.49. The van der Waals surface area contributed by atoms with E-state index in [4.69, 9.17) is 5.73 Å². The van der Waals surface area contributed by atoms with Crippen LogP contribution in [0.1, 0.15) is 23.2 Å². The van der Waals surface area contributed by atoms with E-state index in [1.54, 1.807) is 6.92 Å². The van der Waals surface area contributed by atoms with Crippen molar-refractivity contribution < 1.29 is 8.78 Å². The molecule has 0 unspecified atom stereocenters. The zero-order valence-electron chi connectivity index (χ0n) is 7.02. The molecule has 0 atom stereocenters. The van der Waals surface area contributed by atoms with Crippen LogP contribution in [0.5, 0.6) is 0 Å². The van der Waals surface area contributed by atoms with Crippen LogP contribution in [-0.4, -0.2) is 4.98 Å². The van der Waals surface area contributed by atoms with Gasteiger partial charge in [0.05, 0.1) is 5.56 Å². The first kappa shape index (κ1) is 10.5. The Morgan fingerprint density at radius 2 is 2.23 bits per heavy atom. The maximum Gasteiger partial charge on any atom is 0.266 e. The molecule has 0 radical (unpaired) electrons. The van der Waals surface area contributed by atoms with E-state index >= 15 is 0 Å². The quantitative estimate of drug-likeness (QED) is 0.877. The predicted molar refractivity (Wildman–Crippen MR) is 49.5 cm³/mol. The summed E-state index contributed by atoms with van der Waals surface area (Å²) in [5, 5.41) is 0. The van der Waals surface area contributed by atoms with Crippen LogP contribution in [-0.2, 0) is 6.54 Å². The van der Waals surface area contributed by atoms with E-state index in [-0.39, 0.29) is 12.1 Å². The van der Waals surface area contributed by atoms with Gasteiger partial charge in [0.2, 0.25) is 0 Å². The first-order valence-electron chi connectivity index (χ1n) is 3.70. The lowest BCUT2D eigenvalue weighted by molar-refractivity contribution is 0.149. The summed E-state index contributed by atoms with van der Waals surface area (Å²) in [5.74, 6) is 0. The van der Waals surface area contributed by atoms with Crippen LogP contribution in [0.15, 0.2) is 10.7 Å². The smallest absolute Gasteiger partial charge is 0.266 e. The van der Waals surface area contributed by atoms with Gasteiger partial charge < -0.3 is 5.73 Å². The molecule has 2 N–H and O–H groups in total. The van der Waals surface area contributed by atoms with Crippen molar-refractivity contribution in [2.24, 2.45) is 5.73 Å². The van der Waals surface area contributed by atoms with Crippen molar-refractivity contribution >= 4 is 15.9 Å². The number of aryl methyl sites for hydroxylation is 1. The van der Waals surface area contributed by atoms with Gasteiger partial charge in [0, 0.05) is 22.9 Å². The normalized spacial score (nSPS) is 10.9. The molecule has 5 heteroatoms. The van der Waals surface area contributed by atoms with Gasteiger partial charge in [-0.15, -0.1) is 0 Å². The maximum atomic E-state index is 12.5. The van der Waals surface area contributed by atoms with Crippen LogP contribution in [0.25, 0.3) is 0 Å². The Hall–Kier alpha value is -0.550. The fourth-order valence-electron chi connectivity index (χ4n) is 1.03. The van der Waals surface area contributed by atoms with Gasteiger partial charge in [-0.3, -0.25) is 4.98 Å². The van der Waals surface area contributed by atoms with Gasteiger partial charge in [0.15, 0.2) is 0 Å². The van der Waals surface area contributed by atoms with E-state index in [0.29, 0.717) is 15.7 Å². The number of pyridine rings is 1. The number of nitrogens with zero attached hydrogens (tertiary/aromatic N) is 1. The Morgan fingerprint density at radius 3 is 2.69 bits per heavy atom. The molecule has 0 aliphatic carbocycles. The molecule has 1 aromatic rings. The van der Waals surface area contributed by atoms with E-state index in [2.05, 4.69) is 20.9 Å². The fraction of sp³-hybridized carbons (Fsp3) is 0.375. The third kappa shape index (κ3) is 2.03. The molecule has 13 heavy (non-hydrogen) atoms. The van der Waals surface area contributed by atoms with Gasteiger partial charge in [-0.25, -0.2) is 8.78 Å². The summed E-state index contributed by atoms with van der Waals surface area (Å²) in [6.45, 7) is 1.75. The van der Waals surface area contributed by atoms with E-state index in [9.17, 15) is 8.78 Å². The van der Waals surface area contributed by atoms with Crippen LogP contribution < -0.4 is 5.73 Å². The molecular formula is C8H9BrF2N2. The standard InChI is InChI=1S/C8H9BrF2N2/c1-4-6(8(10)11)7(9)5(2-12)3-13-4/h3,8H,2,12H2,1H3. The Morgan fingerprint density at radius 1 is 1.62 bits per heavy atom. The number of hydrogen-bond acceptors (Lipinski definition) is 2. The second-order valence-corrected chi connectivity index (χ2v) is 3.39. The lowest BCUT2D eigenvalue weighted by Crippen LogP contribution is -2.03. The highest BCUT2D eigenvalue weighted by atomic mass is 79.9. The number of hydrogen-bond donors (Lipinski definition) is 1. The average Bonchev–Trinajstić information content (AvgIpc) is 2.04. The molecule has 0 saturated heterocycles. The average molecular weight is 251 g/mol. The van der Waals surface area contributed by atoms with Gasteiger partial charge in [-0.2, -0.15) is 0 Å². The molecule has 0 saturated carbocycles. The molecule has 1 heterocycles. The van der Waals surface area contributed by atoms with E-state index in [1.807, 2.05) is 0 Å². The van der Waals surface area contributed by atoms with Crippen LogP contribution in [0, 0.1) is 6.92 Å². The molecule has 0 aliphatic heterocycles. The Balaban J connectivity index is 3.30. The minimum absolute atomic E-state index is 0.0667. The molecule has 0 aromatic carbocycles. The first-order chi connectivity index (χ1) is 6.07. The lowest BCUT2D eigenvalue weighted by atomic mass is 10.1. The summed E-state index contributed by atoms with van der Waals surface area (Å²) < 4.78 is 25.4. The van der Waals surface area contributed by atoms with Crippen molar-refractivity contribution in [3.8, 4) is 0 Å². The predicted octanol–water partition coefficient (Wildman–Crippen LogP) is 2.55. The zero-order valence-corrected chi connectivity index (χ0v) is 8.61. The summed E-state index contributed by atoms with van der Waals surface area (Å²) in [6.07, 6.45) is -1.01. The van der Waals surface area contributed by atoms with Crippen molar-refractivity contribution in [1.29, 1.82) is 0 Å². The van der Waals surface area contributed by atoms with Crippen molar-refractivity contribution in [3.05, 3.63) is 27.5 Å². The van der Waals surface area contributed by atoms with Gasteiger partial charge in [0.25, 0.3) is 6.43 Å². The monoisotopic (exact) mass is 250 g/mol. The second kappa shape index (κ2) is 4.11. The highest BCUT2D eigenvalue weighted by Gasteiger charge is 2.17. The molecule has 0 aliphatic rings. The summed E-state index contributed by atoms with van der Waals surface area (Å²) >= 11 is 3.09. The van der Waals surface area contributed by atoms with E-state index < -0.39 is 6.43 Å². The van der Waals surface area contributed by atoms with Crippen molar-refractivity contribution in [2.75, 3.05) is 0 Å². The summed E-state index contributed by atoms with van der Waals surface area (Å²) in [7, 11) is 0. The Labute approximate surface area is 83.3 Å². The molecule has 0 amide bonds. The van der Waals surface area contributed by atoms with Crippen molar-refractivity contribution in [2.45, 2.75) is 19.9 Å². The molecular weight excluding hydrogens is 242 g/mol. The molecule has 2 nitrogen and oxygen atoms in total. The number of alkyl halides is 2. The molecule has 0 fully saturated rings. The summed E-state index contributed by atoms with van der Waals surface area (Å²) in [4.78, 5) is 3.84. The SMILES string of the molecule is Cc1ncc(CN)c(Br)c1C(F)F. The number of rotatable bonds is 2. The van der Waals surface area contributed by atoms with Crippen molar-refractivity contribution in [3.63, 3.8) is 0 Å². The zero-order chi connectivity index (χ0) is 10.0. The number of nitrogens with two attached hydrogens (primary N) is 1. The lowest BCUT2D eigenvalue weighted by Gasteiger charge is -2.09. The highest BCUT2D eigenvalue weighted by Crippen LogP contribution is 2.31. The topological polar surface area (TPSA) is 38.9 Å². The Bertz CT molecular complexity index is 315. The molecule has 1 aromatic heterocycles. The minimum Gasteiger partial charge on any atom is -0.326 e. The number of halogens is 3. The summed E-state index contributed by atoms with van der Waals surface area (Å²) in [5.41, 5.74) is 6.22. The van der Waals surface area contributed by atoms with E-state index in [0.717, 1.165) is 0 Å². The molecule has 1 rings (SSSR count). The van der Waals surface area contributed by atoms with Crippen molar-refractivity contribution in [1.82, 2.24) is 4.98 Å². The van der Waals surface area contributed by atoms with Gasteiger partial charge in [-0.05, 0) is 28.4 Å². The van der Waals surface area contributed by atoms with Gasteiger partial charge >= 0.3 is 0 Å². The third-order valence-electron chi connectivity index (χ3n) is 1.76. The Kier molecular flexibility index (Phi) is 3.33.